The number of nitrogens with zero attached hydrogens (tertiary/aromatic N) is 1. The summed E-state index contributed by atoms with van der Waals surface area (Å²) in [6.07, 6.45) is 1.41. The van der Waals surface area contributed by atoms with Crippen molar-refractivity contribution in [2.75, 3.05) is 25.4 Å². The SMILES string of the molecule is C[C@@H]1NCC[C@@H]1O.C[C@H]1[C@@H](O)CCS1(=O)=O.O[C@H]1CCN(Cc2ccccc2)C1. The van der Waals surface area contributed by atoms with E-state index in [1.165, 1.54) is 5.56 Å². The van der Waals surface area contributed by atoms with E-state index in [1.54, 1.807) is 6.92 Å². The van der Waals surface area contributed by atoms with E-state index < -0.39 is 21.2 Å². The Bertz CT molecular complexity index is 692. The van der Waals surface area contributed by atoms with E-state index in [9.17, 15) is 13.5 Å². The molecule has 3 aliphatic heterocycles. The molecule has 0 spiro atoms. The van der Waals surface area contributed by atoms with Crippen LogP contribution in [-0.4, -0.2) is 83.6 Å². The summed E-state index contributed by atoms with van der Waals surface area (Å²) in [6, 6.07) is 10.7. The molecule has 3 fully saturated rings. The highest BCUT2D eigenvalue weighted by Gasteiger charge is 2.35. The predicted molar refractivity (Wildman–Crippen MR) is 114 cm³/mol. The highest BCUT2D eigenvalue weighted by Crippen LogP contribution is 2.19. The Labute approximate surface area is 174 Å². The number of β-amino-alcohol motifs (C(OH)–C–C–N with tert-alkyl or cyclic N) is 1. The van der Waals surface area contributed by atoms with Gasteiger partial charge in [-0.2, -0.15) is 0 Å². The van der Waals surface area contributed by atoms with Gasteiger partial charge < -0.3 is 20.6 Å². The molecule has 7 nitrogen and oxygen atoms in total. The fourth-order valence-electron chi connectivity index (χ4n) is 3.59. The average Bonchev–Trinajstić information content (AvgIpc) is 3.34. The second-order valence-electron chi connectivity index (χ2n) is 8.19. The average molecular weight is 429 g/mol. The second-order valence-corrected chi connectivity index (χ2v) is 10.7. The standard InChI is InChI=1S/C11H15NO.C5H11NO.C5H10O3S/c13-11-6-7-12(9-11)8-10-4-2-1-3-5-10;1-4-5(7)2-3-6-4;1-4-5(6)2-3-9(4,7)8/h1-5,11,13H,6-9H2;4-7H,2-3H2,1H3;4-6H,2-3H2,1H3/t11-;2*4-,5-/m000/s1. The van der Waals surface area contributed by atoms with Crippen LogP contribution in [0.3, 0.4) is 0 Å². The Hall–Kier alpha value is -1.03. The van der Waals surface area contributed by atoms with E-state index in [4.69, 9.17) is 10.2 Å². The van der Waals surface area contributed by atoms with Crippen molar-refractivity contribution in [1.82, 2.24) is 10.2 Å². The van der Waals surface area contributed by atoms with Crippen molar-refractivity contribution in [3.63, 3.8) is 0 Å². The van der Waals surface area contributed by atoms with Gasteiger partial charge in [0.25, 0.3) is 0 Å². The second kappa shape index (κ2) is 11.4. The van der Waals surface area contributed by atoms with Crippen molar-refractivity contribution in [2.24, 2.45) is 0 Å². The molecule has 29 heavy (non-hydrogen) atoms. The molecule has 3 saturated heterocycles. The van der Waals surface area contributed by atoms with Crippen molar-refractivity contribution < 1.29 is 23.7 Å². The summed E-state index contributed by atoms with van der Waals surface area (Å²) in [5.41, 5.74) is 1.33. The first-order valence-corrected chi connectivity index (χ1v) is 12.2. The summed E-state index contributed by atoms with van der Waals surface area (Å²) in [7, 11) is -2.92. The largest absolute Gasteiger partial charge is 0.392 e. The summed E-state index contributed by atoms with van der Waals surface area (Å²) in [5, 5.41) is 29.8. The third kappa shape index (κ3) is 7.96. The third-order valence-corrected chi connectivity index (χ3v) is 8.04. The first-order valence-electron chi connectivity index (χ1n) is 10.4. The van der Waals surface area contributed by atoms with Gasteiger partial charge in [-0.05, 0) is 45.2 Å². The molecule has 4 N–H and O–H groups in total. The van der Waals surface area contributed by atoms with Crippen LogP contribution in [0.2, 0.25) is 0 Å². The Morgan fingerprint density at radius 1 is 1.03 bits per heavy atom. The zero-order chi connectivity index (χ0) is 21.4. The fourth-order valence-corrected chi connectivity index (χ4v) is 5.14. The third-order valence-electron chi connectivity index (χ3n) is 5.79. The molecule has 166 valence electrons. The lowest BCUT2D eigenvalue weighted by atomic mass is 10.2. The van der Waals surface area contributed by atoms with Crippen molar-refractivity contribution in [2.45, 2.75) is 69.3 Å². The van der Waals surface area contributed by atoms with Crippen LogP contribution < -0.4 is 5.32 Å². The topological polar surface area (TPSA) is 110 Å². The molecule has 0 aliphatic carbocycles. The van der Waals surface area contributed by atoms with Crippen LogP contribution in [0.5, 0.6) is 0 Å². The van der Waals surface area contributed by atoms with Crippen molar-refractivity contribution >= 4 is 9.84 Å². The summed E-state index contributed by atoms with van der Waals surface area (Å²) in [4.78, 5) is 2.29. The van der Waals surface area contributed by atoms with Gasteiger partial charge in [-0.3, -0.25) is 4.90 Å². The summed E-state index contributed by atoms with van der Waals surface area (Å²) >= 11 is 0. The van der Waals surface area contributed by atoms with Crippen LogP contribution in [-0.2, 0) is 16.4 Å². The minimum absolute atomic E-state index is 0.0972. The number of nitrogens with one attached hydrogen (secondary N) is 1. The molecule has 8 heteroatoms. The Balaban J connectivity index is 0.000000164. The molecule has 1 aromatic carbocycles. The summed E-state index contributed by atoms with van der Waals surface area (Å²) < 4.78 is 21.6. The van der Waals surface area contributed by atoms with E-state index in [1.807, 2.05) is 13.0 Å². The number of likely N-dealkylation sites (tertiary alicyclic amines) is 1. The number of aliphatic hydroxyl groups excluding tert-OH is 3. The van der Waals surface area contributed by atoms with Gasteiger partial charge in [-0.1, -0.05) is 30.3 Å². The maximum atomic E-state index is 10.8. The zero-order valence-corrected chi connectivity index (χ0v) is 18.3. The van der Waals surface area contributed by atoms with E-state index in [0.29, 0.717) is 12.5 Å². The molecular formula is C21H36N2O5S. The Kier molecular flexibility index (Phi) is 9.52. The van der Waals surface area contributed by atoms with Crippen LogP contribution >= 0.6 is 0 Å². The lowest BCUT2D eigenvalue weighted by molar-refractivity contribution is 0.166. The summed E-state index contributed by atoms with van der Waals surface area (Å²) in [6.45, 7) is 7.34. The van der Waals surface area contributed by atoms with Crippen LogP contribution in [0.25, 0.3) is 0 Å². The molecule has 3 heterocycles. The van der Waals surface area contributed by atoms with Gasteiger partial charge in [0.05, 0.1) is 29.3 Å². The van der Waals surface area contributed by atoms with Crippen LogP contribution in [0.1, 0.15) is 38.7 Å². The van der Waals surface area contributed by atoms with Gasteiger partial charge in [0.2, 0.25) is 0 Å². The molecular weight excluding hydrogens is 392 g/mol. The van der Waals surface area contributed by atoms with Crippen LogP contribution in [0.4, 0.5) is 0 Å². The molecule has 4 rings (SSSR count). The molecule has 5 atom stereocenters. The number of rotatable bonds is 2. The first kappa shape index (κ1) is 24.2. The number of benzene rings is 1. The summed E-state index contributed by atoms with van der Waals surface area (Å²) in [5.74, 6) is 0.148. The van der Waals surface area contributed by atoms with Crippen LogP contribution in [0.15, 0.2) is 30.3 Å². The lowest BCUT2D eigenvalue weighted by Crippen LogP contribution is -2.25. The smallest absolute Gasteiger partial charge is 0.155 e. The minimum Gasteiger partial charge on any atom is -0.392 e. The van der Waals surface area contributed by atoms with Gasteiger partial charge in [0.15, 0.2) is 9.84 Å². The number of aliphatic hydroxyl groups is 3. The van der Waals surface area contributed by atoms with Gasteiger partial charge in [0.1, 0.15) is 0 Å². The fraction of sp³-hybridized carbons (Fsp3) is 0.714. The van der Waals surface area contributed by atoms with Gasteiger partial charge >= 0.3 is 0 Å². The van der Waals surface area contributed by atoms with E-state index in [2.05, 4.69) is 34.5 Å². The van der Waals surface area contributed by atoms with Crippen molar-refractivity contribution in [3.8, 4) is 0 Å². The molecule has 0 saturated carbocycles. The van der Waals surface area contributed by atoms with Gasteiger partial charge in [0, 0.05) is 25.7 Å². The van der Waals surface area contributed by atoms with Gasteiger partial charge in [-0.25, -0.2) is 8.42 Å². The predicted octanol–water partition coefficient (Wildman–Crippen LogP) is 0.537. The maximum Gasteiger partial charge on any atom is 0.155 e. The lowest BCUT2D eigenvalue weighted by Gasteiger charge is -2.14. The molecule has 0 unspecified atom stereocenters. The first-order chi connectivity index (χ1) is 13.7. The minimum atomic E-state index is -2.92. The highest BCUT2D eigenvalue weighted by atomic mass is 32.2. The van der Waals surface area contributed by atoms with Crippen molar-refractivity contribution in [3.05, 3.63) is 35.9 Å². The number of hydrogen-bond donors (Lipinski definition) is 4. The molecule has 0 amide bonds. The van der Waals surface area contributed by atoms with E-state index in [0.717, 1.165) is 39.0 Å². The van der Waals surface area contributed by atoms with E-state index >= 15 is 0 Å². The van der Waals surface area contributed by atoms with Crippen molar-refractivity contribution in [1.29, 1.82) is 0 Å². The molecule has 0 bridgehead atoms. The molecule has 1 aromatic rings. The number of hydrogen-bond acceptors (Lipinski definition) is 7. The normalized spacial score (nSPS) is 33.5. The van der Waals surface area contributed by atoms with Crippen LogP contribution in [0, 0.1) is 0 Å². The Morgan fingerprint density at radius 3 is 2.07 bits per heavy atom. The van der Waals surface area contributed by atoms with E-state index in [-0.39, 0.29) is 18.0 Å². The maximum absolute atomic E-state index is 10.8. The highest BCUT2D eigenvalue weighted by molar-refractivity contribution is 7.92. The Morgan fingerprint density at radius 2 is 1.72 bits per heavy atom. The quantitative estimate of drug-likeness (QED) is 0.544. The zero-order valence-electron chi connectivity index (χ0n) is 17.4. The monoisotopic (exact) mass is 428 g/mol. The van der Waals surface area contributed by atoms with Gasteiger partial charge in [-0.15, -0.1) is 0 Å². The molecule has 3 aliphatic rings. The molecule has 0 aromatic heterocycles. The number of sulfone groups is 1. The molecule has 0 radical (unpaired) electrons.